The maximum absolute atomic E-state index is 12.9. The first-order valence-corrected chi connectivity index (χ1v) is 11.3. The Morgan fingerprint density at radius 3 is 2.80 bits per heavy atom. The fourth-order valence-electron chi connectivity index (χ4n) is 3.31. The summed E-state index contributed by atoms with van der Waals surface area (Å²) in [6.45, 7) is 5.54. The Bertz CT molecular complexity index is 523. The summed E-state index contributed by atoms with van der Waals surface area (Å²) >= 11 is 3.77. The maximum atomic E-state index is 12.9. The Labute approximate surface area is 159 Å². The summed E-state index contributed by atoms with van der Waals surface area (Å²) in [5, 5.41) is 0. The van der Waals surface area contributed by atoms with Crippen LogP contribution in [-0.2, 0) is 9.53 Å². The molecule has 0 spiro atoms. The highest BCUT2D eigenvalue weighted by Crippen LogP contribution is 2.21. The van der Waals surface area contributed by atoms with Crippen molar-refractivity contribution in [3.63, 3.8) is 0 Å². The van der Waals surface area contributed by atoms with E-state index >= 15 is 0 Å². The van der Waals surface area contributed by atoms with Crippen molar-refractivity contribution in [2.75, 3.05) is 56.7 Å². The third-order valence-electron chi connectivity index (χ3n) is 4.66. The van der Waals surface area contributed by atoms with Crippen molar-refractivity contribution >= 4 is 29.4 Å². The molecule has 1 aromatic carbocycles. The van der Waals surface area contributed by atoms with E-state index in [4.69, 9.17) is 4.74 Å². The molecular formula is C19H28N2O2S2. The molecule has 0 N–H and O–H groups in total. The molecule has 6 heteroatoms. The minimum atomic E-state index is 0.323. The van der Waals surface area contributed by atoms with Gasteiger partial charge in [0.1, 0.15) is 0 Å². The van der Waals surface area contributed by atoms with Crippen molar-refractivity contribution in [3.05, 3.63) is 30.3 Å². The summed E-state index contributed by atoms with van der Waals surface area (Å²) in [4.78, 5) is 18.7. The maximum Gasteiger partial charge on any atom is 0.223 e. The van der Waals surface area contributed by atoms with E-state index in [1.165, 1.54) is 10.6 Å². The van der Waals surface area contributed by atoms with Gasteiger partial charge in [0.15, 0.2) is 0 Å². The van der Waals surface area contributed by atoms with Crippen LogP contribution in [0.1, 0.15) is 12.8 Å². The number of ether oxygens (including phenoxy) is 1. The third kappa shape index (κ3) is 6.20. The third-order valence-corrected chi connectivity index (χ3v) is 6.87. The number of nitrogens with zero attached hydrogens (tertiary/aromatic N) is 2. The fourth-order valence-corrected chi connectivity index (χ4v) is 5.23. The van der Waals surface area contributed by atoms with Crippen molar-refractivity contribution in [2.24, 2.45) is 0 Å². The van der Waals surface area contributed by atoms with Crippen molar-refractivity contribution < 1.29 is 9.53 Å². The zero-order valence-electron chi connectivity index (χ0n) is 14.8. The van der Waals surface area contributed by atoms with E-state index < -0.39 is 0 Å². The molecule has 0 bridgehead atoms. The first-order valence-electron chi connectivity index (χ1n) is 9.18. The summed E-state index contributed by atoms with van der Waals surface area (Å²) in [6, 6.07) is 10.7. The van der Waals surface area contributed by atoms with Crippen LogP contribution in [0, 0.1) is 0 Å². The smallest absolute Gasteiger partial charge is 0.223 e. The number of amides is 1. The van der Waals surface area contributed by atoms with E-state index in [1.807, 2.05) is 17.8 Å². The van der Waals surface area contributed by atoms with Gasteiger partial charge < -0.3 is 9.64 Å². The fraction of sp³-hybridized carbons (Fsp3) is 0.632. The van der Waals surface area contributed by atoms with E-state index in [0.717, 1.165) is 57.3 Å². The van der Waals surface area contributed by atoms with E-state index in [-0.39, 0.29) is 0 Å². The summed E-state index contributed by atoms with van der Waals surface area (Å²) in [6.07, 6.45) is 1.74. The molecule has 2 aliphatic heterocycles. The lowest BCUT2D eigenvalue weighted by Crippen LogP contribution is -2.50. The number of morpholine rings is 1. The summed E-state index contributed by atoms with van der Waals surface area (Å²) in [5.41, 5.74) is 0. The van der Waals surface area contributed by atoms with E-state index in [0.29, 0.717) is 18.4 Å². The highest BCUT2D eigenvalue weighted by molar-refractivity contribution is 7.99. The Morgan fingerprint density at radius 1 is 1.20 bits per heavy atom. The summed E-state index contributed by atoms with van der Waals surface area (Å²) in [5.74, 6) is 3.41. The standard InChI is InChI=1S/C19H28N2O2S2/c22-19(7-14-25-18-5-2-1-3-6-18)21-8-4-13-24-16-17(21)15-20-9-11-23-12-10-20/h1-3,5-6,17H,4,7-16H2. The number of hydrogen-bond donors (Lipinski definition) is 0. The van der Waals surface area contributed by atoms with Gasteiger partial charge in [-0.25, -0.2) is 0 Å². The molecule has 2 aliphatic rings. The molecule has 4 nitrogen and oxygen atoms in total. The van der Waals surface area contributed by atoms with E-state index in [9.17, 15) is 4.79 Å². The van der Waals surface area contributed by atoms with Crippen LogP contribution in [0.25, 0.3) is 0 Å². The minimum Gasteiger partial charge on any atom is -0.379 e. The van der Waals surface area contributed by atoms with Crippen molar-refractivity contribution in [1.82, 2.24) is 9.80 Å². The lowest BCUT2D eigenvalue weighted by Gasteiger charge is -2.35. The quantitative estimate of drug-likeness (QED) is 0.709. The molecule has 2 saturated heterocycles. The predicted octanol–water partition coefficient (Wildman–Crippen LogP) is 2.84. The molecule has 25 heavy (non-hydrogen) atoms. The molecule has 138 valence electrons. The highest BCUT2D eigenvalue weighted by Gasteiger charge is 2.27. The summed E-state index contributed by atoms with van der Waals surface area (Å²) in [7, 11) is 0. The highest BCUT2D eigenvalue weighted by atomic mass is 32.2. The van der Waals surface area contributed by atoms with Crippen LogP contribution in [0.3, 0.4) is 0 Å². The number of benzene rings is 1. The number of thioether (sulfide) groups is 2. The SMILES string of the molecule is O=C(CCSc1ccccc1)N1CCCSCC1CN1CCOCC1. The second kappa shape index (κ2) is 10.5. The molecule has 0 aliphatic carbocycles. The van der Waals surface area contributed by atoms with Crippen LogP contribution in [0.15, 0.2) is 35.2 Å². The first-order chi connectivity index (χ1) is 12.3. The van der Waals surface area contributed by atoms with Crippen molar-refractivity contribution in [2.45, 2.75) is 23.8 Å². The second-order valence-corrected chi connectivity index (χ2v) is 8.81. The Kier molecular flexibility index (Phi) is 7.98. The van der Waals surface area contributed by atoms with Crippen LogP contribution < -0.4 is 0 Å². The number of carbonyl (C=O) groups is 1. The van der Waals surface area contributed by atoms with Crippen LogP contribution in [-0.4, -0.2) is 78.4 Å². The van der Waals surface area contributed by atoms with Crippen molar-refractivity contribution in [1.29, 1.82) is 0 Å². The molecule has 1 unspecified atom stereocenters. The van der Waals surface area contributed by atoms with Gasteiger partial charge in [-0.05, 0) is 24.3 Å². The average molecular weight is 381 g/mol. The molecule has 0 radical (unpaired) electrons. The average Bonchev–Trinajstić information content (AvgIpc) is 2.89. The number of rotatable bonds is 6. The van der Waals surface area contributed by atoms with Gasteiger partial charge in [0.25, 0.3) is 0 Å². The zero-order valence-corrected chi connectivity index (χ0v) is 16.4. The number of hydrogen-bond acceptors (Lipinski definition) is 5. The molecule has 0 aromatic heterocycles. The Morgan fingerprint density at radius 2 is 2.00 bits per heavy atom. The normalized spacial score (nSPS) is 22.6. The lowest BCUT2D eigenvalue weighted by molar-refractivity contribution is -0.133. The molecule has 1 atom stereocenters. The Balaban J connectivity index is 1.51. The predicted molar refractivity (Wildman–Crippen MR) is 106 cm³/mol. The van der Waals surface area contributed by atoms with Gasteiger partial charge in [0.05, 0.1) is 19.3 Å². The van der Waals surface area contributed by atoms with Gasteiger partial charge >= 0.3 is 0 Å². The van der Waals surface area contributed by atoms with Crippen LogP contribution in [0.2, 0.25) is 0 Å². The van der Waals surface area contributed by atoms with Crippen LogP contribution in [0.4, 0.5) is 0 Å². The van der Waals surface area contributed by atoms with Gasteiger partial charge in [-0.15, -0.1) is 11.8 Å². The Hall–Kier alpha value is -0.690. The topological polar surface area (TPSA) is 32.8 Å². The lowest BCUT2D eigenvalue weighted by atomic mass is 10.2. The number of carbonyl (C=O) groups excluding carboxylic acids is 1. The monoisotopic (exact) mass is 380 g/mol. The molecule has 2 fully saturated rings. The molecule has 2 heterocycles. The van der Waals surface area contributed by atoms with Crippen molar-refractivity contribution in [3.8, 4) is 0 Å². The van der Waals surface area contributed by atoms with E-state index in [2.05, 4.69) is 34.1 Å². The van der Waals surface area contributed by atoms with Gasteiger partial charge in [-0.3, -0.25) is 9.69 Å². The summed E-state index contributed by atoms with van der Waals surface area (Å²) < 4.78 is 5.45. The molecular weight excluding hydrogens is 352 g/mol. The zero-order chi connectivity index (χ0) is 17.3. The van der Waals surface area contributed by atoms with Gasteiger partial charge in [0, 0.05) is 49.0 Å². The van der Waals surface area contributed by atoms with Crippen LogP contribution in [0.5, 0.6) is 0 Å². The van der Waals surface area contributed by atoms with Gasteiger partial charge in [0.2, 0.25) is 5.91 Å². The molecule has 1 amide bonds. The molecule has 1 aromatic rings. The molecule has 3 rings (SSSR count). The largest absolute Gasteiger partial charge is 0.379 e. The van der Waals surface area contributed by atoms with Gasteiger partial charge in [-0.1, -0.05) is 18.2 Å². The molecule has 0 saturated carbocycles. The van der Waals surface area contributed by atoms with Crippen LogP contribution >= 0.6 is 23.5 Å². The van der Waals surface area contributed by atoms with Gasteiger partial charge in [-0.2, -0.15) is 11.8 Å². The van der Waals surface area contributed by atoms with E-state index in [1.54, 1.807) is 11.8 Å². The minimum absolute atomic E-state index is 0.323. The first kappa shape index (κ1) is 19.1. The second-order valence-electron chi connectivity index (χ2n) is 6.49.